The van der Waals surface area contributed by atoms with Gasteiger partial charge in [0.05, 0.1) is 5.75 Å². The molecule has 1 atom stereocenters. The second-order valence-electron chi connectivity index (χ2n) is 6.37. The van der Waals surface area contributed by atoms with E-state index in [0.717, 1.165) is 0 Å². The Morgan fingerprint density at radius 2 is 1.93 bits per heavy atom. The van der Waals surface area contributed by atoms with Crippen molar-refractivity contribution in [1.82, 2.24) is 0 Å². The number of nitrogens with zero attached hydrogens (tertiary/aromatic N) is 1. The van der Waals surface area contributed by atoms with Crippen molar-refractivity contribution < 1.29 is 23.1 Å². The molecule has 0 saturated heterocycles. The molecule has 27 heavy (non-hydrogen) atoms. The lowest BCUT2D eigenvalue weighted by Gasteiger charge is -2.18. The van der Waals surface area contributed by atoms with Gasteiger partial charge in [-0.2, -0.15) is 0 Å². The number of para-hydroxylation sites is 1. The van der Waals surface area contributed by atoms with Crippen molar-refractivity contribution in [3.8, 4) is 0 Å². The average molecular weight is 388 g/mol. The van der Waals surface area contributed by atoms with Gasteiger partial charge in [0, 0.05) is 23.5 Å². The highest BCUT2D eigenvalue weighted by Gasteiger charge is 2.36. The molecule has 7 nitrogen and oxygen atoms in total. The quantitative estimate of drug-likeness (QED) is 0.792. The molecule has 0 aromatic heterocycles. The van der Waals surface area contributed by atoms with Gasteiger partial charge in [0.25, 0.3) is 5.91 Å². The van der Waals surface area contributed by atoms with Gasteiger partial charge in [-0.3, -0.25) is 14.3 Å². The second-order valence-corrected chi connectivity index (χ2v) is 8.21. The first kappa shape index (κ1) is 18.9. The smallest absolute Gasteiger partial charge is 0.312 e. The highest BCUT2D eigenvalue weighted by Crippen LogP contribution is 2.37. The van der Waals surface area contributed by atoms with Gasteiger partial charge >= 0.3 is 5.97 Å². The number of anilines is 2. The van der Waals surface area contributed by atoms with Crippen LogP contribution in [0.3, 0.4) is 0 Å². The predicted molar refractivity (Wildman–Crippen MR) is 103 cm³/mol. The van der Waals surface area contributed by atoms with E-state index in [-0.39, 0.29) is 23.8 Å². The van der Waals surface area contributed by atoms with E-state index in [0.29, 0.717) is 23.4 Å². The molecule has 3 rings (SSSR count). The molecule has 2 N–H and O–H groups in total. The fourth-order valence-electron chi connectivity index (χ4n) is 3.18. The predicted octanol–water partition coefficient (Wildman–Crippen LogP) is 2.67. The number of carbonyl (C=O) groups is 2. The van der Waals surface area contributed by atoms with Crippen molar-refractivity contribution in [3.63, 3.8) is 0 Å². The third-order valence-electron chi connectivity index (χ3n) is 4.37. The van der Waals surface area contributed by atoms with Gasteiger partial charge in [-0.05, 0) is 36.2 Å². The van der Waals surface area contributed by atoms with Crippen LogP contribution in [0.2, 0.25) is 0 Å². The molecule has 0 saturated carbocycles. The van der Waals surface area contributed by atoms with Crippen molar-refractivity contribution in [2.75, 3.05) is 21.9 Å². The van der Waals surface area contributed by atoms with Gasteiger partial charge < -0.3 is 10.0 Å². The van der Waals surface area contributed by atoms with Crippen molar-refractivity contribution in [3.05, 3.63) is 59.7 Å². The van der Waals surface area contributed by atoms with Crippen LogP contribution in [-0.2, 0) is 14.8 Å². The van der Waals surface area contributed by atoms with Crippen LogP contribution in [0.1, 0.15) is 35.2 Å². The molecule has 0 bridgehead atoms. The lowest BCUT2D eigenvalue weighted by Crippen LogP contribution is -2.31. The third-order valence-corrected chi connectivity index (χ3v) is 5.86. The molecule has 0 radical (unpaired) electrons. The van der Waals surface area contributed by atoms with Gasteiger partial charge in [0.1, 0.15) is 5.92 Å². The Hall–Kier alpha value is -2.87. The van der Waals surface area contributed by atoms with Crippen molar-refractivity contribution in [1.29, 1.82) is 0 Å². The first-order valence-corrected chi connectivity index (χ1v) is 10.2. The maximum Gasteiger partial charge on any atom is 0.312 e. The van der Waals surface area contributed by atoms with Crippen LogP contribution in [0.15, 0.2) is 48.5 Å². The van der Waals surface area contributed by atoms with Crippen LogP contribution < -0.4 is 9.62 Å². The number of aliphatic carboxylic acids is 1. The first-order chi connectivity index (χ1) is 12.8. The molecule has 1 aliphatic heterocycles. The summed E-state index contributed by atoms with van der Waals surface area (Å²) in [6.07, 6.45) is 0.481. The highest BCUT2D eigenvalue weighted by atomic mass is 32.2. The molecule has 2 aromatic carbocycles. The van der Waals surface area contributed by atoms with E-state index in [1.54, 1.807) is 49.4 Å². The summed E-state index contributed by atoms with van der Waals surface area (Å²) in [6.45, 7) is 1.81. The molecular weight excluding hydrogens is 368 g/mol. The topological polar surface area (TPSA) is 104 Å². The Morgan fingerprint density at radius 3 is 2.63 bits per heavy atom. The molecular formula is C19H20N2O5S. The fourth-order valence-corrected chi connectivity index (χ4v) is 4.31. The van der Waals surface area contributed by atoms with Crippen LogP contribution in [0.4, 0.5) is 11.4 Å². The molecule has 2 aromatic rings. The summed E-state index contributed by atoms with van der Waals surface area (Å²) in [5.74, 6) is -2.15. The molecule has 0 aliphatic carbocycles. The van der Waals surface area contributed by atoms with Gasteiger partial charge in [0.15, 0.2) is 0 Å². The molecule has 8 heteroatoms. The summed E-state index contributed by atoms with van der Waals surface area (Å²) in [5.41, 5.74) is 1.74. The number of hydrogen-bond acceptors (Lipinski definition) is 4. The molecule has 1 unspecified atom stereocenters. The largest absolute Gasteiger partial charge is 0.481 e. The zero-order valence-electron chi connectivity index (χ0n) is 14.8. The third kappa shape index (κ3) is 3.95. The summed E-state index contributed by atoms with van der Waals surface area (Å²) in [7, 11) is -3.47. The van der Waals surface area contributed by atoms with Crippen molar-refractivity contribution >= 4 is 33.3 Å². The number of fused-ring (bicyclic) bond motifs is 1. The molecule has 1 heterocycles. The Kier molecular flexibility index (Phi) is 5.18. The average Bonchev–Trinajstić information content (AvgIpc) is 3.01. The Balaban J connectivity index is 1.89. The van der Waals surface area contributed by atoms with Crippen LogP contribution in [-0.4, -0.2) is 37.7 Å². The normalized spacial score (nSPS) is 16.0. The molecule has 0 spiro atoms. The van der Waals surface area contributed by atoms with Gasteiger partial charge in [0.2, 0.25) is 10.0 Å². The Morgan fingerprint density at radius 1 is 1.19 bits per heavy atom. The maximum atomic E-state index is 13.0. The van der Waals surface area contributed by atoms with E-state index in [4.69, 9.17) is 0 Å². The SMILES string of the molecule is CCCS(=O)(=O)Nc1cccc(C(=O)N2CC(C(=O)O)c3ccccc32)c1. The van der Waals surface area contributed by atoms with Crippen molar-refractivity contribution in [2.45, 2.75) is 19.3 Å². The van der Waals surface area contributed by atoms with E-state index in [1.807, 2.05) is 0 Å². The number of carbonyl (C=O) groups excluding carboxylic acids is 1. The lowest BCUT2D eigenvalue weighted by molar-refractivity contribution is -0.138. The first-order valence-electron chi connectivity index (χ1n) is 8.56. The van der Waals surface area contributed by atoms with Crippen LogP contribution in [0.25, 0.3) is 0 Å². The van der Waals surface area contributed by atoms with Gasteiger partial charge in [-0.15, -0.1) is 0 Å². The fraction of sp³-hybridized carbons (Fsp3) is 0.263. The monoisotopic (exact) mass is 388 g/mol. The maximum absolute atomic E-state index is 13.0. The minimum absolute atomic E-state index is 0.00896. The van der Waals surface area contributed by atoms with Crippen LogP contribution >= 0.6 is 0 Å². The number of sulfonamides is 1. The minimum Gasteiger partial charge on any atom is -0.481 e. The van der Waals surface area contributed by atoms with Crippen LogP contribution in [0.5, 0.6) is 0 Å². The number of hydrogen-bond donors (Lipinski definition) is 2. The summed E-state index contributed by atoms with van der Waals surface area (Å²) in [6, 6.07) is 13.1. The number of amides is 1. The number of rotatable bonds is 6. The zero-order valence-corrected chi connectivity index (χ0v) is 15.6. The van der Waals surface area contributed by atoms with E-state index in [2.05, 4.69) is 4.72 Å². The standard InChI is InChI=1S/C19H20N2O5S/c1-2-10-27(25,26)20-14-7-5-6-13(11-14)18(22)21-12-16(19(23)24)15-8-3-4-9-17(15)21/h3-9,11,16,20H,2,10,12H2,1H3,(H,23,24). The molecule has 1 aliphatic rings. The molecule has 0 fully saturated rings. The van der Waals surface area contributed by atoms with E-state index < -0.39 is 21.9 Å². The summed E-state index contributed by atoms with van der Waals surface area (Å²) in [4.78, 5) is 25.9. The Bertz CT molecular complexity index is 987. The number of carboxylic acid groups (broad SMARTS) is 1. The summed E-state index contributed by atoms with van der Waals surface area (Å²) >= 11 is 0. The van der Waals surface area contributed by atoms with E-state index in [9.17, 15) is 23.1 Å². The number of benzene rings is 2. The van der Waals surface area contributed by atoms with Crippen LogP contribution in [0, 0.1) is 0 Å². The molecule has 1 amide bonds. The zero-order chi connectivity index (χ0) is 19.6. The van der Waals surface area contributed by atoms with Gasteiger partial charge in [-0.25, -0.2) is 8.42 Å². The number of carboxylic acids is 1. The Labute approximate surface area is 157 Å². The van der Waals surface area contributed by atoms with Gasteiger partial charge in [-0.1, -0.05) is 31.2 Å². The summed E-state index contributed by atoms with van der Waals surface area (Å²) < 4.78 is 26.4. The minimum atomic E-state index is -3.47. The number of nitrogens with one attached hydrogen (secondary N) is 1. The molecule has 142 valence electrons. The van der Waals surface area contributed by atoms with Crippen molar-refractivity contribution in [2.24, 2.45) is 0 Å². The summed E-state index contributed by atoms with van der Waals surface area (Å²) in [5, 5.41) is 9.44. The van der Waals surface area contributed by atoms with E-state index in [1.165, 1.54) is 11.0 Å². The second kappa shape index (κ2) is 7.40. The highest BCUT2D eigenvalue weighted by molar-refractivity contribution is 7.92. The lowest BCUT2D eigenvalue weighted by atomic mass is 10.0. The van der Waals surface area contributed by atoms with E-state index >= 15 is 0 Å².